The fourth-order valence-corrected chi connectivity index (χ4v) is 4.25. The van der Waals surface area contributed by atoms with Crippen LogP contribution < -0.4 is 0 Å². The van der Waals surface area contributed by atoms with Gasteiger partial charge in [0.1, 0.15) is 0 Å². The Balaban J connectivity index is 2.07. The molecule has 0 aromatic carbocycles. The van der Waals surface area contributed by atoms with E-state index in [4.69, 9.17) is 0 Å². The fraction of sp³-hybridized carbons (Fsp3) is 1.00. The topological polar surface area (TPSA) is 0 Å². The van der Waals surface area contributed by atoms with E-state index in [0.717, 1.165) is 40.9 Å². The lowest BCUT2D eigenvalue weighted by Gasteiger charge is -2.15. The van der Waals surface area contributed by atoms with Crippen molar-refractivity contribution in [2.24, 2.45) is 40.9 Å². The van der Waals surface area contributed by atoms with Crippen LogP contribution in [0.2, 0.25) is 0 Å². The molecule has 0 heterocycles. The summed E-state index contributed by atoms with van der Waals surface area (Å²) < 4.78 is 0. The summed E-state index contributed by atoms with van der Waals surface area (Å²) >= 11 is 0. The predicted molar refractivity (Wildman–Crippen MR) is 57.4 cm³/mol. The van der Waals surface area contributed by atoms with Gasteiger partial charge in [-0.3, -0.25) is 0 Å². The first kappa shape index (κ1) is 9.55. The molecule has 2 fully saturated rings. The van der Waals surface area contributed by atoms with Gasteiger partial charge in [0.05, 0.1) is 0 Å². The molecule has 2 rings (SSSR count). The van der Waals surface area contributed by atoms with E-state index in [0.29, 0.717) is 0 Å². The molecular formula is C13H24. The Hall–Kier alpha value is 0. The minimum Gasteiger partial charge on any atom is -0.0625 e. The molecule has 0 amide bonds. The van der Waals surface area contributed by atoms with E-state index in [-0.39, 0.29) is 0 Å². The summed E-state index contributed by atoms with van der Waals surface area (Å²) in [5.41, 5.74) is 0.795. The molecule has 0 saturated heterocycles. The molecule has 0 bridgehead atoms. The smallest absolute Gasteiger partial charge is 0.0178 e. The zero-order chi connectivity index (χ0) is 9.96. The predicted octanol–water partition coefficient (Wildman–Crippen LogP) is 3.82. The van der Waals surface area contributed by atoms with Crippen molar-refractivity contribution < 1.29 is 0 Å². The number of hydrogen-bond donors (Lipinski definition) is 0. The Bertz CT molecular complexity index is 208. The minimum absolute atomic E-state index is 0.795. The van der Waals surface area contributed by atoms with E-state index in [9.17, 15) is 0 Å². The van der Waals surface area contributed by atoms with Crippen molar-refractivity contribution in [2.45, 2.75) is 41.5 Å². The van der Waals surface area contributed by atoms with Gasteiger partial charge < -0.3 is 0 Å². The molecule has 2 saturated carbocycles. The molecule has 0 N–H and O–H groups in total. The second-order valence-electron chi connectivity index (χ2n) is 5.99. The van der Waals surface area contributed by atoms with Crippen molar-refractivity contribution in [3.8, 4) is 0 Å². The van der Waals surface area contributed by atoms with Gasteiger partial charge in [0.25, 0.3) is 0 Å². The Labute approximate surface area is 83.1 Å². The highest BCUT2D eigenvalue weighted by Crippen LogP contribution is 2.83. The molecule has 1 spiro atoms. The summed E-state index contributed by atoms with van der Waals surface area (Å²) in [5, 5.41) is 0. The maximum atomic E-state index is 2.48. The first-order chi connectivity index (χ1) is 5.95. The largest absolute Gasteiger partial charge is 0.0625 e. The third-order valence-electron chi connectivity index (χ3n) is 5.63. The van der Waals surface area contributed by atoms with Crippen molar-refractivity contribution in [3.63, 3.8) is 0 Å². The first-order valence-electron chi connectivity index (χ1n) is 5.95. The van der Waals surface area contributed by atoms with Gasteiger partial charge >= 0.3 is 0 Å². The van der Waals surface area contributed by atoms with Crippen LogP contribution in [0.5, 0.6) is 0 Å². The summed E-state index contributed by atoms with van der Waals surface area (Å²) in [6.07, 6.45) is 0. The average Bonchev–Trinajstić information content (AvgIpc) is 2.83. The molecule has 0 aliphatic heterocycles. The van der Waals surface area contributed by atoms with Gasteiger partial charge in [-0.15, -0.1) is 0 Å². The maximum absolute atomic E-state index is 2.48. The quantitative estimate of drug-likeness (QED) is 0.606. The number of hydrogen-bond acceptors (Lipinski definition) is 0. The summed E-state index contributed by atoms with van der Waals surface area (Å²) in [4.78, 5) is 0. The highest BCUT2D eigenvalue weighted by atomic mass is 14.8. The van der Waals surface area contributed by atoms with Crippen LogP contribution >= 0.6 is 0 Å². The molecule has 13 heavy (non-hydrogen) atoms. The zero-order valence-corrected chi connectivity index (χ0v) is 9.96. The molecule has 5 unspecified atom stereocenters. The second kappa shape index (κ2) is 2.52. The number of rotatable bonds is 2. The van der Waals surface area contributed by atoms with Crippen LogP contribution in [0.4, 0.5) is 0 Å². The summed E-state index contributed by atoms with van der Waals surface area (Å²) in [6, 6.07) is 0. The van der Waals surface area contributed by atoms with Crippen LogP contribution in [0.25, 0.3) is 0 Å². The molecule has 2 aliphatic rings. The maximum Gasteiger partial charge on any atom is -0.0178 e. The Morgan fingerprint density at radius 2 is 1.31 bits per heavy atom. The van der Waals surface area contributed by atoms with E-state index in [1.54, 1.807) is 0 Å². The molecule has 0 aromatic rings. The van der Waals surface area contributed by atoms with Gasteiger partial charge in [-0.1, -0.05) is 41.5 Å². The molecule has 0 nitrogen and oxygen atoms in total. The van der Waals surface area contributed by atoms with Gasteiger partial charge in [-0.2, -0.15) is 0 Å². The van der Waals surface area contributed by atoms with E-state index in [1.807, 2.05) is 0 Å². The van der Waals surface area contributed by atoms with Crippen LogP contribution in [0.1, 0.15) is 41.5 Å². The summed E-state index contributed by atoms with van der Waals surface area (Å²) in [5.74, 6) is 5.86. The minimum atomic E-state index is 0.795. The summed E-state index contributed by atoms with van der Waals surface area (Å²) in [6.45, 7) is 14.6. The zero-order valence-electron chi connectivity index (χ0n) is 9.96. The highest BCUT2D eigenvalue weighted by Gasteiger charge is 2.79. The van der Waals surface area contributed by atoms with Gasteiger partial charge in [-0.05, 0) is 40.9 Å². The molecule has 0 aromatic heterocycles. The SMILES string of the molecule is CC(C)C(C)C1C(C)C12C(C)C2C. The van der Waals surface area contributed by atoms with Crippen molar-refractivity contribution in [1.82, 2.24) is 0 Å². The lowest BCUT2D eigenvalue weighted by atomic mass is 9.90. The van der Waals surface area contributed by atoms with Crippen molar-refractivity contribution in [2.75, 3.05) is 0 Å². The standard InChI is InChI=1S/C13H24/c1-7(2)8(3)12-11(6)13(12)9(4)10(13)5/h7-12H,1-6H3. The summed E-state index contributed by atoms with van der Waals surface area (Å²) in [7, 11) is 0. The van der Waals surface area contributed by atoms with Gasteiger partial charge in [0.2, 0.25) is 0 Å². The van der Waals surface area contributed by atoms with Gasteiger partial charge in [-0.25, -0.2) is 0 Å². The van der Waals surface area contributed by atoms with Gasteiger partial charge in [0, 0.05) is 0 Å². The van der Waals surface area contributed by atoms with E-state index in [1.165, 1.54) is 0 Å². The van der Waals surface area contributed by atoms with Crippen LogP contribution in [0, 0.1) is 40.9 Å². The molecule has 5 atom stereocenters. The fourth-order valence-electron chi connectivity index (χ4n) is 4.25. The molecule has 76 valence electrons. The van der Waals surface area contributed by atoms with Crippen LogP contribution in [0.15, 0.2) is 0 Å². The Morgan fingerprint density at radius 3 is 1.54 bits per heavy atom. The van der Waals surface area contributed by atoms with E-state index < -0.39 is 0 Å². The molecular weight excluding hydrogens is 156 g/mol. The average molecular weight is 180 g/mol. The van der Waals surface area contributed by atoms with E-state index in [2.05, 4.69) is 41.5 Å². The monoisotopic (exact) mass is 180 g/mol. The molecule has 0 radical (unpaired) electrons. The molecule has 2 aliphatic carbocycles. The normalized spacial score (nSPS) is 55.6. The Kier molecular flexibility index (Phi) is 1.85. The lowest BCUT2D eigenvalue weighted by Crippen LogP contribution is -2.08. The lowest BCUT2D eigenvalue weighted by molar-refractivity contribution is 0.337. The second-order valence-corrected chi connectivity index (χ2v) is 5.99. The van der Waals surface area contributed by atoms with Crippen LogP contribution in [0.3, 0.4) is 0 Å². The van der Waals surface area contributed by atoms with Crippen molar-refractivity contribution in [3.05, 3.63) is 0 Å². The highest BCUT2D eigenvalue weighted by molar-refractivity contribution is 5.26. The Morgan fingerprint density at radius 1 is 0.846 bits per heavy atom. The van der Waals surface area contributed by atoms with E-state index >= 15 is 0 Å². The third-order valence-corrected chi connectivity index (χ3v) is 5.63. The molecule has 0 heteroatoms. The van der Waals surface area contributed by atoms with Crippen molar-refractivity contribution in [1.29, 1.82) is 0 Å². The van der Waals surface area contributed by atoms with Crippen LogP contribution in [-0.2, 0) is 0 Å². The van der Waals surface area contributed by atoms with Gasteiger partial charge in [0.15, 0.2) is 0 Å². The third kappa shape index (κ3) is 0.926. The first-order valence-corrected chi connectivity index (χ1v) is 5.95. The van der Waals surface area contributed by atoms with Crippen LogP contribution in [-0.4, -0.2) is 0 Å². The van der Waals surface area contributed by atoms with Crippen molar-refractivity contribution >= 4 is 0 Å².